The summed E-state index contributed by atoms with van der Waals surface area (Å²) < 4.78 is 18.2. The molecule has 2 heterocycles. The minimum absolute atomic E-state index is 0.168. The highest BCUT2D eigenvalue weighted by Crippen LogP contribution is 2.32. The summed E-state index contributed by atoms with van der Waals surface area (Å²) in [5.41, 5.74) is 1.42. The van der Waals surface area contributed by atoms with Gasteiger partial charge in [-0.25, -0.2) is 9.18 Å². The summed E-state index contributed by atoms with van der Waals surface area (Å²) in [6.07, 6.45) is 1.50. The number of halogens is 2. The molecule has 36 heavy (non-hydrogen) atoms. The Morgan fingerprint density at radius 2 is 1.81 bits per heavy atom. The Labute approximate surface area is 214 Å². The normalized spacial score (nSPS) is 15.1. The van der Waals surface area contributed by atoms with Crippen molar-refractivity contribution in [1.82, 2.24) is 14.0 Å². The standard InChI is InChI=1S/C26H25BrFN5O3/c1-14-13-31(3)24(30-21-11-4-16(27)12-20(21)28)22-23(14)32(26(36)33(25(22)35)19-9-10-19)18-7-5-17(6-8-18)29-15(2)34/h4-8,11-12,19,30H,9-10,13H2,1-3H3,(H,29,34). The van der Waals surface area contributed by atoms with Crippen molar-refractivity contribution < 1.29 is 9.18 Å². The molecule has 2 aromatic carbocycles. The third-order valence-electron chi connectivity index (χ3n) is 6.33. The molecule has 10 heteroatoms. The van der Waals surface area contributed by atoms with Crippen molar-refractivity contribution in [3.8, 4) is 5.69 Å². The average molecular weight is 554 g/mol. The van der Waals surface area contributed by atoms with Crippen molar-refractivity contribution in [3.63, 3.8) is 0 Å². The Morgan fingerprint density at radius 1 is 1.11 bits per heavy atom. The Bertz CT molecular complexity index is 1640. The van der Waals surface area contributed by atoms with Gasteiger partial charge >= 0.3 is 5.69 Å². The fraction of sp³-hybridized carbons (Fsp3) is 0.269. The van der Waals surface area contributed by atoms with Crippen LogP contribution in [0.4, 0.5) is 15.8 Å². The maximum Gasteiger partial charge on any atom is 0.336 e. The van der Waals surface area contributed by atoms with Gasteiger partial charge in [0, 0.05) is 36.7 Å². The van der Waals surface area contributed by atoms with E-state index in [1.54, 1.807) is 41.0 Å². The molecule has 0 atom stereocenters. The van der Waals surface area contributed by atoms with E-state index < -0.39 is 17.1 Å². The number of amides is 1. The van der Waals surface area contributed by atoms with E-state index in [0.29, 0.717) is 38.8 Å². The number of rotatable bonds is 5. The van der Waals surface area contributed by atoms with Gasteiger partial charge in [0.25, 0.3) is 5.56 Å². The number of nitrogens with one attached hydrogen (secondary N) is 2. The minimum Gasteiger partial charge on any atom is -0.356 e. The number of carbonyl (C=O) groups is 1. The van der Waals surface area contributed by atoms with E-state index in [-0.39, 0.29) is 17.6 Å². The molecule has 1 amide bonds. The van der Waals surface area contributed by atoms with Gasteiger partial charge in [-0.3, -0.25) is 18.7 Å². The van der Waals surface area contributed by atoms with E-state index in [0.717, 1.165) is 18.4 Å². The summed E-state index contributed by atoms with van der Waals surface area (Å²) >= 11 is 3.27. The smallest absolute Gasteiger partial charge is 0.336 e. The van der Waals surface area contributed by atoms with Gasteiger partial charge in [-0.15, -0.1) is 0 Å². The van der Waals surface area contributed by atoms with Crippen LogP contribution >= 0.6 is 15.9 Å². The van der Waals surface area contributed by atoms with E-state index in [1.165, 1.54) is 17.6 Å². The molecule has 1 saturated carbocycles. The van der Waals surface area contributed by atoms with Crippen molar-refractivity contribution in [3.05, 3.63) is 84.2 Å². The Morgan fingerprint density at radius 3 is 2.42 bits per heavy atom. The molecule has 2 N–H and O–H groups in total. The van der Waals surface area contributed by atoms with Crippen molar-refractivity contribution in [2.45, 2.75) is 32.7 Å². The van der Waals surface area contributed by atoms with E-state index in [4.69, 9.17) is 0 Å². The van der Waals surface area contributed by atoms with E-state index >= 15 is 0 Å². The molecule has 1 fully saturated rings. The molecule has 0 spiro atoms. The van der Waals surface area contributed by atoms with Gasteiger partial charge in [-0.2, -0.15) is 0 Å². The topological polar surface area (TPSA) is 88.4 Å². The SMILES string of the molecule is CC(=O)Nc1ccc(-n2c3c(c(=O)n(C4CC4)c2=O)=C(Nc2ccc(Br)cc2F)N(C)CC=3C)cc1. The molecule has 0 bridgehead atoms. The Kier molecular flexibility index (Phi) is 6.07. The summed E-state index contributed by atoms with van der Waals surface area (Å²) in [4.78, 5) is 40.8. The molecular weight excluding hydrogens is 529 g/mol. The van der Waals surface area contributed by atoms with Gasteiger partial charge in [0.05, 0.1) is 16.7 Å². The Balaban J connectivity index is 1.83. The molecule has 3 aromatic rings. The number of benzene rings is 2. The molecule has 1 aliphatic carbocycles. The number of hydrogen-bond acceptors (Lipinski definition) is 5. The number of anilines is 2. The van der Waals surface area contributed by atoms with Crippen LogP contribution in [-0.4, -0.2) is 33.5 Å². The van der Waals surface area contributed by atoms with E-state index in [2.05, 4.69) is 26.6 Å². The second kappa shape index (κ2) is 9.09. The zero-order chi connectivity index (χ0) is 25.7. The van der Waals surface area contributed by atoms with E-state index in [9.17, 15) is 18.8 Å². The molecule has 0 radical (unpaired) electrons. The van der Waals surface area contributed by atoms with Gasteiger partial charge in [-0.1, -0.05) is 15.9 Å². The predicted molar refractivity (Wildman–Crippen MR) is 141 cm³/mol. The second-order valence-electron chi connectivity index (χ2n) is 9.21. The van der Waals surface area contributed by atoms with Gasteiger partial charge < -0.3 is 15.5 Å². The highest BCUT2D eigenvalue weighted by molar-refractivity contribution is 9.10. The average Bonchev–Trinajstić information content (AvgIpc) is 3.64. The first-order chi connectivity index (χ1) is 17.2. The second-order valence-corrected chi connectivity index (χ2v) is 10.1. The van der Waals surface area contributed by atoms with E-state index in [1.807, 2.05) is 18.9 Å². The molecule has 5 rings (SSSR count). The maximum atomic E-state index is 14.7. The third kappa shape index (κ3) is 4.26. The summed E-state index contributed by atoms with van der Waals surface area (Å²) in [5, 5.41) is 6.65. The van der Waals surface area contributed by atoms with Crippen LogP contribution in [0.25, 0.3) is 17.1 Å². The molecule has 2 aliphatic rings. The van der Waals surface area contributed by atoms with Crippen LogP contribution < -0.4 is 32.5 Å². The van der Waals surface area contributed by atoms with Crippen molar-refractivity contribution in [1.29, 1.82) is 0 Å². The fourth-order valence-corrected chi connectivity index (χ4v) is 4.94. The van der Waals surface area contributed by atoms with Crippen LogP contribution in [0.1, 0.15) is 32.7 Å². The van der Waals surface area contributed by atoms with Crippen LogP contribution in [-0.2, 0) is 4.79 Å². The number of nitrogens with zero attached hydrogens (tertiary/aromatic N) is 3. The number of fused-ring (bicyclic) bond motifs is 1. The zero-order valence-electron chi connectivity index (χ0n) is 20.1. The summed E-state index contributed by atoms with van der Waals surface area (Å²) in [6.45, 7) is 3.74. The highest BCUT2D eigenvalue weighted by atomic mass is 79.9. The first-order valence-electron chi connectivity index (χ1n) is 11.6. The number of hydrogen-bond donors (Lipinski definition) is 2. The van der Waals surface area contributed by atoms with Gasteiger partial charge in [0.2, 0.25) is 5.91 Å². The highest BCUT2D eigenvalue weighted by Gasteiger charge is 2.31. The molecule has 0 unspecified atom stereocenters. The molecule has 8 nitrogen and oxygen atoms in total. The van der Waals surface area contributed by atoms with Gasteiger partial charge in [0.1, 0.15) is 16.9 Å². The van der Waals surface area contributed by atoms with Crippen LogP contribution in [0, 0.1) is 5.82 Å². The molecule has 186 valence electrons. The minimum atomic E-state index is -0.470. The van der Waals surface area contributed by atoms with Crippen LogP contribution in [0.15, 0.2) is 56.5 Å². The molecule has 1 aromatic heterocycles. The molecule has 0 saturated heterocycles. The first-order valence-corrected chi connectivity index (χ1v) is 12.4. The maximum absolute atomic E-state index is 14.7. The lowest BCUT2D eigenvalue weighted by molar-refractivity contribution is -0.114. The fourth-order valence-electron chi connectivity index (χ4n) is 4.61. The van der Waals surface area contributed by atoms with Crippen molar-refractivity contribution in [2.24, 2.45) is 0 Å². The quantitative estimate of drug-likeness (QED) is 0.506. The summed E-state index contributed by atoms with van der Waals surface area (Å²) in [7, 11) is 1.82. The Hall–Kier alpha value is -3.66. The first kappa shape index (κ1) is 24.1. The van der Waals surface area contributed by atoms with Crippen LogP contribution in [0.3, 0.4) is 0 Å². The lowest BCUT2D eigenvalue weighted by Crippen LogP contribution is -2.62. The van der Waals surface area contributed by atoms with Crippen LogP contribution in [0.5, 0.6) is 0 Å². The van der Waals surface area contributed by atoms with Crippen molar-refractivity contribution >= 4 is 44.6 Å². The van der Waals surface area contributed by atoms with Crippen molar-refractivity contribution in [2.75, 3.05) is 24.2 Å². The predicted octanol–water partition coefficient (Wildman–Crippen LogP) is 2.49. The van der Waals surface area contributed by atoms with Crippen LogP contribution in [0.2, 0.25) is 0 Å². The monoisotopic (exact) mass is 553 g/mol. The van der Waals surface area contributed by atoms with Gasteiger partial charge in [0.15, 0.2) is 0 Å². The lowest BCUT2D eigenvalue weighted by atomic mass is 10.1. The summed E-state index contributed by atoms with van der Waals surface area (Å²) in [6, 6.07) is 11.4. The largest absolute Gasteiger partial charge is 0.356 e. The summed E-state index contributed by atoms with van der Waals surface area (Å²) in [5.74, 6) is -0.236. The van der Waals surface area contributed by atoms with Gasteiger partial charge in [-0.05, 0) is 67.8 Å². The third-order valence-corrected chi connectivity index (χ3v) is 6.82. The molecular formula is C26H25BrFN5O3. The number of aromatic nitrogens is 2. The zero-order valence-corrected chi connectivity index (χ0v) is 21.6. The lowest BCUT2D eigenvalue weighted by Gasteiger charge is -2.29. The number of carbonyl (C=O) groups excluding carboxylic acids is 1. The molecule has 1 aliphatic heterocycles.